The van der Waals surface area contributed by atoms with Crippen molar-refractivity contribution in [2.75, 3.05) is 13.2 Å². The monoisotopic (exact) mass is 1070 g/mol. The molecule has 0 saturated carbocycles. The van der Waals surface area contributed by atoms with Gasteiger partial charge < -0.3 is 20.3 Å². The lowest BCUT2D eigenvalue weighted by atomic mass is 10.0. The first-order valence-corrected chi connectivity index (χ1v) is 34.6. The second-order valence-electron chi connectivity index (χ2n) is 23.9. The van der Waals surface area contributed by atoms with Crippen molar-refractivity contribution in [1.29, 1.82) is 0 Å². The minimum atomic E-state index is -0.846. The van der Waals surface area contributed by atoms with E-state index in [4.69, 9.17) is 4.74 Å². The lowest BCUT2D eigenvalue weighted by molar-refractivity contribution is -0.143. The van der Waals surface area contributed by atoms with Gasteiger partial charge in [-0.3, -0.25) is 9.59 Å². The fraction of sp³-hybridized carbons (Fsp3) is 0.914. The number of allylic oxidation sites excluding steroid dienone is 3. The Hall–Kier alpha value is -1.66. The molecule has 0 radical (unpaired) electrons. The van der Waals surface area contributed by atoms with Gasteiger partial charge in [0.15, 0.2) is 0 Å². The van der Waals surface area contributed by atoms with Crippen LogP contribution in [0.25, 0.3) is 0 Å². The molecule has 6 nitrogen and oxygen atoms in total. The van der Waals surface area contributed by atoms with Crippen molar-refractivity contribution in [3.63, 3.8) is 0 Å². The number of hydrogen-bond donors (Lipinski definition) is 3. The summed E-state index contributed by atoms with van der Waals surface area (Å²) in [5.41, 5.74) is 0. The van der Waals surface area contributed by atoms with E-state index in [0.717, 1.165) is 38.5 Å². The van der Waals surface area contributed by atoms with Gasteiger partial charge in [0.25, 0.3) is 0 Å². The van der Waals surface area contributed by atoms with Crippen molar-refractivity contribution < 1.29 is 24.5 Å². The van der Waals surface area contributed by atoms with E-state index >= 15 is 0 Å². The zero-order valence-corrected chi connectivity index (χ0v) is 51.5. The number of aliphatic hydroxyl groups excluding tert-OH is 2. The molecule has 0 heterocycles. The fourth-order valence-electron chi connectivity index (χ4n) is 10.9. The number of ether oxygens (including phenoxy) is 1. The first kappa shape index (κ1) is 74.3. The molecule has 6 heteroatoms. The molecule has 1 amide bonds. The van der Waals surface area contributed by atoms with Crippen LogP contribution in [0, 0.1) is 0 Å². The molecule has 0 aliphatic carbocycles. The van der Waals surface area contributed by atoms with Crippen molar-refractivity contribution in [3.05, 3.63) is 24.3 Å². The van der Waals surface area contributed by atoms with Gasteiger partial charge in [0.1, 0.15) is 0 Å². The zero-order chi connectivity index (χ0) is 55.0. The molecule has 2 atom stereocenters. The maximum atomic E-state index is 12.5. The SMILES string of the molecule is CCCCCCCCCCCCCCCCC/C=C/C(O)C(CO)NC(=O)CCCCCCCCCCC/C=C\CCCCCCCCCCCCCCOC(=O)CCCCCCCCCCCCCCCCCCC. The maximum Gasteiger partial charge on any atom is 0.305 e. The van der Waals surface area contributed by atoms with Crippen LogP contribution in [0.3, 0.4) is 0 Å². The van der Waals surface area contributed by atoms with Crippen molar-refractivity contribution in [2.45, 2.75) is 398 Å². The number of aliphatic hydroxyl groups is 2. The maximum absolute atomic E-state index is 12.5. The third-order valence-electron chi connectivity index (χ3n) is 16.2. The molecule has 0 fully saturated rings. The lowest BCUT2D eigenvalue weighted by Gasteiger charge is -2.20. The molecular formula is C70H135NO5. The minimum Gasteiger partial charge on any atom is -0.466 e. The Bertz CT molecular complexity index is 1190. The molecule has 0 aliphatic heterocycles. The van der Waals surface area contributed by atoms with E-state index in [2.05, 4.69) is 31.3 Å². The van der Waals surface area contributed by atoms with Crippen LogP contribution in [0.4, 0.5) is 0 Å². The highest BCUT2D eigenvalue weighted by Crippen LogP contribution is 2.18. The minimum absolute atomic E-state index is 0.0177. The average molecular weight is 1070 g/mol. The Labute approximate surface area is 475 Å². The summed E-state index contributed by atoms with van der Waals surface area (Å²) in [5.74, 6) is -0.0505. The topological polar surface area (TPSA) is 95.9 Å². The van der Waals surface area contributed by atoms with Gasteiger partial charge >= 0.3 is 5.97 Å². The van der Waals surface area contributed by atoms with Crippen molar-refractivity contribution in [3.8, 4) is 0 Å². The number of hydrogen-bond acceptors (Lipinski definition) is 5. The first-order chi connectivity index (χ1) is 37.5. The molecule has 76 heavy (non-hydrogen) atoms. The number of rotatable bonds is 65. The average Bonchev–Trinajstić information content (AvgIpc) is 3.42. The van der Waals surface area contributed by atoms with Gasteiger partial charge in [0.05, 0.1) is 25.4 Å². The van der Waals surface area contributed by atoms with Crippen LogP contribution in [0.15, 0.2) is 24.3 Å². The largest absolute Gasteiger partial charge is 0.466 e. The smallest absolute Gasteiger partial charge is 0.305 e. The number of amides is 1. The standard InChI is InChI=1S/C70H135NO5/c1-3-5-7-9-11-13-15-17-19-30-34-38-42-46-50-54-58-62-68(73)67(66-72)71-69(74)63-59-55-51-47-43-39-35-32-28-26-24-22-21-23-25-27-29-33-37-41-45-49-53-57-61-65-76-70(75)64-60-56-52-48-44-40-36-31-20-18-16-14-12-10-8-6-4-2/h22,24,58,62,67-68,72-73H,3-21,23,25-57,59-61,63-66H2,1-2H3,(H,71,74)/b24-22-,62-58+. The van der Waals surface area contributed by atoms with Gasteiger partial charge in [-0.25, -0.2) is 0 Å². The molecule has 0 aromatic carbocycles. The second-order valence-corrected chi connectivity index (χ2v) is 23.9. The van der Waals surface area contributed by atoms with Crippen LogP contribution < -0.4 is 5.32 Å². The van der Waals surface area contributed by atoms with Gasteiger partial charge in [-0.2, -0.15) is 0 Å². The summed E-state index contributed by atoms with van der Waals surface area (Å²) in [5, 5.41) is 23.2. The predicted molar refractivity (Wildman–Crippen MR) is 333 cm³/mol. The molecular weight excluding hydrogens is 935 g/mol. The van der Waals surface area contributed by atoms with Crippen LogP contribution in [0.2, 0.25) is 0 Å². The summed E-state index contributed by atoms with van der Waals surface area (Å²) < 4.78 is 5.50. The van der Waals surface area contributed by atoms with E-state index in [1.54, 1.807) is 6.08 Å². The van der Waals surface area contributed by atoms with E-state index in [-0.39, 0.29) is 18.5 Å². The van der Waals surface area contributed by atoms with Gasteiger partial charge in [-0.05, 0) is 57.8 Å². The number of carbonyl (C=O) groups excluding carboxylic acids is 2. The Morgan fingerprint density at radius 2 is 0.618 bits per heavy atom. The summed E-state index contributed by atoms with van der Waals surface area (Å²) >= 11 is 0. The number of nitrogens with one attached hydrogen (secondary N) is 1. The summed E-state index contributed by atoms with van der Waals surface area (Å²) in [7, 11) is 0. The first-order valence-electron chi connectivity index (χ1n) is 34.6. The lowest BCUT2D eigenvalue weighted by Crippen LogP contribution is -2.45. The van der Waals surface area contributed by atoms with Gasteiger partial charge in [-0.15, -0.1) is 0 Å². The van der Waals surface area contributed by atoms with Crippen LogP contribution in [0.1, 0.15) is 386 Å². The Morgan fingerprint density at radius 3 is 0.934 bits per heavy atom. The third-order valence-corrected chi connectivity index (χ3v) is 16.2. The molecule has 0 saturated heterocycles. The summed E-state index contributed by atoms with van der Waals surface area (Å²) in [6.45, 7) is 4.94. The third kappa shape index (κ3) is 61.6. The molecule has 2 unspecified atom stereocenters. The zero-order valence-electron chi connectivity index (χ0n) is 51.5. The Balaban J connectivity index is 3.40. The van der Waals surface area contributed by atoms with E-state index in [1.165, 1.54) is 321 Å². The molecule has 0 aromatic rings. The molecule has 0 aliphatic rings. The van der Waals surface area contributed by atoms with Crippen molar-refractivity contribution in [2.24, 2.45) is 0 Å². The quantitative estimate of drug-likeness (QED) is 0.0320. The Morgan fingerprint density at radius 1 is 0.355 bits per heavy atom. The van der Waals surface area contributed by atoms with E-state index < -0.39 is 12.1 Å². The highest BCUT2D eigenvalue weighted by Gasteiger charge is 2.18. The van der Waals surface area contributed by atoms with E-state index in [0.29, 0.717) is 19.4 Å². The summed E-state index contributed by atoms with van der Waals surface area (Å²) in [6, 6.07) is -0.630. The van der Waals surface area contributed by atoms with E-state index in [1.807, 2.05) is 6.08 Å². The molecule has 0 aromatic heterocycles. The van der Waals surface area contributed by atoms with Crippen LogP contribution in [-0.2, 0) is 14.3 Å². The van der Waals surface area contributed by atoms with Gasteiger partial charge in [0, 0.05) is 12.8 Å². The fourth-order valence-corrected chi connectivity index (χ4v) is 10.9. The number of unbranched alkanes of at least 4 members (excludes halogenated alkanes) is 52. The van der Waals surface area contributed by atoms with Crippen LogP contribution in [0.5, 0.6) is 0 Å². The molecule has 3 N–H and O–H groups in total. The van der Waals surface area contributed by atoms with Crippen molar-refractivity contribution >= 4 is 11.9 Å². The second kappa shape index (κ2) is 65.9. The number of carbonyl (C=O) groups is 2. The number of esters is 1. The van der Waals surface area contributed by atoms with Crippen molar-refractivity contribution in [1.82, 2.24) is 5.32 Å². The van der Waals surface area contributed by atoms with Crippen LogP contribution >= 0.6 is 0 Å². The van der Waals surface area contributed by atoms with Crippen LogP contribution in [-0.4, -0.2) is 47.4 Å². The predicted octanol–water partition coefficient (Wildman–Crippen LogP) is 22.1. The summed E-state index contributed by atoms with van der Waals surface area (Å²) in [6.07, 6.45) is 82.5. The van der Waals surface area contributed by atoms with Gasteiger partial charge in [0.2, 0.25) is 5.91 Å². The summed E-state index contributed by atoms with van der Waals surface area (Å²) in [4.78, 5) is 24.6. The normalized spacial score (nSPS) is 12.6. The highest BCUT2D eigenvalue weighted by atomic mass is 16.5. The highest BCUT2D eigenvalue weighted by molar-refractivity contribution is 5.76. The molecule has 0 rings (SSSR count). The molecule has 450 valence electrons. The Kier molecular flexibility index (Phi) is 64.4. The molecule has 0 bridgehead atoms. The molecule has 0 spiro atoms. The van der Waals surface area contributed by atoms with Gasteiger partial charge in [-0.1, -0.05) is 340 Å². The van der Waals surface area contributed by atoms with E-state index in [9.17, 15) is 19.8 Å².